The van der Waals surface area contributed by atoms with Crippen LogP contribution in [0.3, 0.4) is 0 Å². The third kappa shape index (κ3) is 3.32. The molecule has 4 rings (SSSR count). The molecule has 1 fully saturated rings. The molecule has 136 valence electrons. The van der Waals surface area contributed by atoms with E-state index >= 15 is 0 Å². The van der Waals surface area contributed by atoms with Gasteiger partial charge in [0, 0.05) is 51.1 Å². The first-order chi connectivity index (χ1) is 12.6. The highest BCUT2D eigenvalue weighted by Crippen LogP contribution is 2.25. The van der Waals surface area contributed by atoms with E-state index in [1.54, 1.807) is 6.92 Å². The Morgan fingerprint density at radius 2 is 2.15 bits per heavy atom. The van der Waals surface area contributed by atoms with Gasteiger partial charge in [-0.3, -0.25) is 9.69 Å². The maximum absolute atomic E-state index is 12.7. The molecule has 0 saturated carbocycles. The Morgan fingerprint density at radius 3 is 2.92 bits per heavy atom. The summed E-state index contributed by atoms with van der Waals surface area (Å²) < 4.78 is 5.57. The third-order valence-corrected chi connectivity index (χ3v) is 6.01. The molecule has 0 spiro atoms. The Hall–Kier alpha value is -2.37. The first kappa shape index (κ1) is 17.1. The van der Waals surface area contributed by atoms with E-state index in [1.165, 1.54) is 10.4 Å². The minimum Gasteiger partial charge on any atom is -0.424 e. The molecule has 0 aromatic carbocycles. The van der Waals surface area contributed by atoms with Crippen molar-refractivity contribution < 1.29 is 9.21 Å². The standard InChI is InChI=1S/C18H21N5O2S/c1-13-20-15(10-19)18(25-13)23-7-5-22(6-8-23)17(24)12-21-4-2-16-14(11-21)3-9-26-16/h3,9H,2,4-8,11-12H2,1H3. The second-order valence-corrected chi connectivity index (χ2v) is 7.70. The quantitative estimate of drug-likeness (QED) is 0.816. The normalized spacial score (nSPS) is 17.8. The minimum absolute atomic E-state index is 0.178. The lowest BCUT2D eigenvalue weighted by atomic mass is 10.1. The molecular formula is C18H21N5O2S. The number of nitriles is 1. The molecule has 0 radical (unpaired) electrons. The fourth-order valence-corrected chi connectivity index (χ4v) is 4.49. The van der Waals surface area contributed by atoms with E-state index in [-0.39, 0.29) is 5.91 Å². The molecule has 7 nitrogen and oxygen atoms in total. The van der Waals surface area contributed by atoms with Crippen molar-refractivity contribution in [2.75, 3.05) is 44.2 Å². The van der Waals surface area contributed by atoms with Crippen molar-refractivity contribution in [2.45, 2.75) is 19.9 Å². The predicted octanol–water partition coefficient (Wildman–Crippen LogP) is 1.62. The van der Waals surface area contributed by atoms with Crippen LogP contribution < -0.4 is 4.90 Å². The number of aromatic nitrogens is 1. The smallest absolute Gasteiger partial charge is 0.236 e. The summed E-state index contributed by atoms with van der Waals surface area (Å²) in [7, 11) is 0. The Labute approximate surface area is 156 Å². The number of anilines is 1. The number of aryl methyl sites for hydroxylation is 1. The van der Waals surface area contributed by atoms with Crippen molar-refractivity contribution in [1.82, 2.24) is 14.8 Å². The molecule has 1 amide bonds. The lowest BCUT2D eigenvalue weighted by Gasteiger charge is -2.36. The van der Waals surface area contributed by atoms with E-state index in [0.29, 0.717) is 50.2 Å². The van der Waals surface area contributed by atoms with E-state index in [4.69, 9.17) is 4.42 Å². The molecule has 2 aliphatic heterocycles. The number of hydrogen-bond acceptors (Lipinski definition) is 7. The number of hydrogen-bond donors (Lipinski definition) is 0. The van der Waals surface area contributed by atoms with Crippen molar-refractivity contribution in [2.24, 2.45) is 0 Å². The molecule has 8 heteroatoms. The Balaban J connectivity index is 1.32. The average Bonchev–Trinajstić information content (AvgIpc) is 3.27. The van der Waals surface area contributed by atoms with E-state index < -0.39 is 0 Å². The van der Waals surface area contributed by atoms with E-state index in [9.17, 15) is 10.1 Å². The second kappa shape index (κ2) is 7.09. The fraction of sp³-hybridized carbons (Fsp3) is 0.500. The number of amides is 1. The number of piperazine rings is 1. The van der Waals surface area contributed by atoms with Gasteiger partial charge in [0.25, 0.3) is 0 Å². The van der Waals surface area contributed by atoms with Gasteiger partial charge in [-0.05, 0) is 23.4 Å². The van der Waals surface area contributed by atoms with Crippen molar-refractivity contribution in [3.05, 3.63) is 33.5 Å². The van der Waals surface area contributed by atoms with Crippen molar-refractivity contribution >= 4 is 23.1 Å². The molecule has 0 unspecified atom stereocenters. The van der Waals surface area contributed by atoms with Crippen LogP contribution in [-0.2, 0) is 17.8 Å². The van der Waals surface area contributed by atoms with Gasteiger partial charge in [-0.25, -0.2) is 4.98 Å². The number of carbonyl (C=O) groups is 1. The first-order valence-electron chi connectivity index (χ1n) is 8.82. The summed E-state index contributed by atoms with van der Waals surface area (Å²) in [6.07, 6.45) is 1.04. The molecule has 1 saturated heterocycles. The number of fused-ring (bicyclic) bond motifs is 1. The van der Waals surface area contributed by atoms with Crippen LogP contribution in [0.25, 0.3) is 0 Å². The number of thiophene rings is 1. The topological polar surface area (TPSA) is 76.6 Å². The van der Waals surface area contributed by atoms with Crippen LogP contribution in [0.1, 0.15) is 22.0 Å². The van der Waals surface area contributed by atoms with Gasteiger partial charge in [-0.2, -0.15) is 5.26 Å². The fourth-order valence-electron chi connectivity index (χ4n) is 3.60. The molecule has 4 heterocycles. The van der Waals surface area contributed by atoms with E-state index in [1.807, 2.05) is 21.1 Å². The van der Waals surface area contributed by atoms with Gasteiger partial charge in [0.2, 0.25) is 17.5 Å². The largest absolute Gasteiger partial charge is 0.424 e. The summed E-state index contributed by atoms with van der Waals surface area (Å²) in [5, 5.41) is 11.3. The highest BCUT2D eigenvalue weighted by molar-refractivity contribution is 7.10. The maximum atomic E-state index is 12.7. The van der Waals surface area contributed by atoms with Crippen LogP contribution in [-0.4, -0.2) is 60.0 Å². The van der Waals surface area contributed by atoms with Crippen LogP contribution in [0, 0.1) is 18.3 Å². The van der Waals surface area contributed by atoms with Crippen LogP contribution in [0.4, 0.5) is 5.88 Å². The summed E-state index contributed by atoms with van der Waals surface area (Å²) in [5.41, 5.74) is 1.69. The first-order valence-corrected chi connectivity index (χ1v) is 9.70. The highest BCUT2D eigenvalue weighted by Gasteiger charge is 2.27. The van der Waals surface area contributed by atoms with Crippen molar-refractivity contribution in [1.29, 1.82) is 5.26 Å². The molecule has 0 aliphatic carbocycles. The minimum atomic E-state index is 0.178. The zero-order valence-corrected chi connectivity index (χ0v) is 15.6. The molecule has 0 N–H and O–H groups in total. The zero-order chi connectivity index (χ0) is 18.1. The average molecular weight is 371 g/mol. The molecular weight excluding hydrogens is 350 g/mol. The van der Waals surface area contributed by atoms with Crippen molar-refractivity contribution in [3.8, 4) is 6.07 Å². The molecule has 2 aromatic heterocycles. The summed E-state index contributed by atoms with van der Waals surface area (Å²) in [5.74, 6) is 1.20. The summed E-state index contributed by atoms with van der Waals surface area (Å²) in [6.45, 7) is 6.62. The van der Waals surface area contributed by atoms with Crippen molar-refractivity contribution in [3.63, 3.8) is 0 Å². The molecule has 26 heavy (non-hydrogen) atoms. The van der Waals surface area contributed by atoms with Gasteiger partial charge < -0.3 is 14.2 Å². The Kier molecular flexibility index (Phi) is 4.66. The number of nitrogens with zero attached hydrogens (tertiary/aromatic N) is 5. The van der Waals surface area contributed by atoms with E-state index in [2.05, 4.69) is 27.4 Å². The molecule has 2 aliphatic rings. The number of oxazole rings is 1. The lowest BCUT2D eigenvalue weighted by molar-refractivity contribution is -0.133. The number of carbonyl (C=O) groups excluding carboxylic acids is 1. The molecule has 0 bridgehead atoms. The van der Waals surface area contributed by atoms with Crippen LogP contribution >= 0.6 is 11.3 Å². The number of rotatable bonds is 3. The van der Waals surface area contributed by atoms with Gasteiger partial charge >= 0.3 is 0 Å². The third-order valence-electron chi connectivity index (χ3n) is 4.99. The highest BCUT2D eigenvalue weighted by atomic mass is 32.1. The van der Waals surface area contributed by atoms with Crippen LogP contribution in [0.2, 0.25) is 0 Å². The predicted molar refractivity (Wildman–Crippen MR) is 98.0 cm³/mol. The molecule has 0 atom stereocenters. The second-order valence-electron chi connectivity index (χ2n) is 6.70. The summed E-state index contributed by atoms with van der Waals surface area (Å²) in [4.78, 5) is 24.4. The van der Waals surface area contributed by atoms with Gasteiger partial charge in [0.05, 0.1) is 6.54 Å². The van der Waals surface area contributed by atoms with Crippen LogP contribution in [0.5, 0.6) is 0 Å². The SMILES string of the molecule is Cc1nc(C#N)c(N2CCN(C(=O)CN3CCc4sccc4C3)CC2)o1. The Bertz CT molecular complexity index is 844. The zero-order valence-electron chi connectivity index (χ0n) is 14.8. The monoisotopic (exact) mass is 371 g/mol. The van der Waals surface area contributed by atoms with Gasteiger partial charge in [-0.1, -0.05) is 0 Å². The molecule has 2 aromatic rings. The Morgan fingerprint density at radius 1 is 1.35 bits per heavy atom. The van der Waals surface area contributed by atoms with Gasteiger partial charge in [-0.15, -0.1) is 11.3 Å². The maximum Gasteiger partial charge on any atom is 0.236 e. The van der Waals surface area contributed by atoms with Gasteiger partial charge in [0.15, 0.2) is 5.89 Å². The van der Waals surface area contributed by atoms with E-state index in [0.717, 1.165) is 19.5 Å². The van der Waals surface area contributed by atoms with Gasteiger partial charge in [0.1, 0.15) is 6.07 Å². The summed E-state index contributed by atoms with van der Waals surface area (Å²) in [6, 6.07) is 4.24. The lowest BCUT2D eigenvalue weighted by Crippen LogP contribution is -2.51. The van der Waals surface area contributed by atoms with Crippen LogP contribution in [0.15, 0.2) is 15.9 Å². The summed E-state index contributed by atoms with van der Waals surface area (Å²) >= 11 is 1.81.